The molecule has 5 nitrogen and oxygen atoms in total. The van der Waals surface area contributed by atoms with E-state index in [0.717, 1.165) is 11.3 Å². The molecule has 0 fully saturated rings. The third-order valence-corrected chi connectivity index (χ3v) is 3.31. The monoisotopic (exact) mass is 295 g/mol. The Kier molecular flexibility index (Phi) is 7.19. The average Bonchev–Trinajstić information content (AvgIpc) is 2.45. The maximum Gasteiger partial charge on any atom is 0.320 e. The molecule has 0 spiro atoms. The Morgan fingerprint density at radius 2 is 1.90 bits per heavy atom. The molecule has 0 bridgehead atoms. The Morgan fingerprint density at radius 3 is 2.38 bits per heavy atom. The number of aliphatic hydroxyl groups excluding tert-OH is 1. The molecule has 0 aliphatic heterocycles. The molecule has 0 aliphatic rings. The van der Waals surface area contributed by atoms with Gasteiger partial charge in [-0.3, -0.25) is 4.79 Å². The Labute approximate surface area is 125 Å². The minimum atomic E-state index is -0.845. The number of aliphatic carboxylic acids is 1. The molecule has 0 aromatic heterocycles. The van der Waals surface area contributed by atoms with Gasteiger partial charge in [0, 0.05) is 0 Å². The Hall–Kier alpha value is -1.59. The number of aliphatic hydroxyl groups is 1. The minimum absolute atomic E-state index is 0.310. The first-order chi connectivity index (χ1) is 9.93. The van der Waals surface area contributed by atoms with Crippen molar-refractivity contribution in [2.24, 2.45) is 5.92 Å². The van der Waals surface area contributed by atoms with E-state index in [4.69, 9.17) is 9.84 Å². The predicted molar refractivity (Wildman–Crippen MR) is 81.5 cm³/mol. The Morgan fingerprint density at radius 1 is 1.29 bits per heavy atom. The van der Waals surface area contributed by atoms with E-state index in [0.29, 0.717) is 25.3 Å². The lowest BCUT2D eigenvalue weighted by molar-refractivity contribution is -0.139. The van der Waals surface area contributed by atoms with Gasteiger partial charge in [-0.05, 0) is 43.0 Å². The van der Waals surface area contributed by atoms with Crippen molar-refractivity contribution in [1.29, 1.82) is 0 Å². The van der Waals surface area contributed by atoms with Gasteiger partial charge in [0.15, 0.2) is 0 Å². The fourth-order valence-electron chi connectivity index (χ4n) is 2.13. The molecular formula is C16H25NO4. The first-order valence-electron chi connectivity index (χ1n) is 7.22. The molecule has 2 atom stereocenters. The van der Waals surface area contributed by atoms with Crippen LogP contribution in [0.2, 0.25) is 0 Å². The van der Waals surface area contributed by atoms with Gasteiger partial charge in [0.25, 0.3) is 0 Å². The van der Waals surface area contributed by atoms with Crippen LogP contribution in [-0.4, -0.2) is 35.9 Å². The van der Waals surface area contributed by atoms with Gasteiger partial charge >= 0.3 is 5.97 Å². The number of benzene rings is 1. The molecule has 3 N–H and O–H groups in total. The molecular weight excluding hydrogens is 270 g/mol. The van der Waals surface area contributed by atoms with E-state index >= 15 is 0 Å². The maximum atomic E-state index is 11.1. The number of nitrogens with one attached hydrogen (secondary N) is 1. The molecule has 0 unspecified atom stereocenters. The summed E-state index contributed by atoms with van der Waals surface area (Å²) in [5, 5.41) is 22.2. The van der Waals surface area contributed by atoms with Crippen LogP contribution in [0.1, 0.15) is 38.4 Å². The van der Waals surface area contributed by atoms with Crippen LogP contribution in [0.5, 0.6) is 5.75 Å². The third-order valence-electron chi connectivity index (χ3n) is 3.31. The van der Waals surface area contributed by atoms with Gasteiger partial charge in [-0.25, -0.2) is 0 Å². The first kappa shape index (κ1) is 17.5. The first-order valence-corrected chi connectivity index (χ1v) is 7.22. The van der Waals surface area contributed by atoms with Crippen molar-refractivity contribution >= 4 is 5.97 Å². The van der Waals surface area contributed by atoms with E-state index in [1.165, 1.54) is 0 Å². The number of hydrogen-bond acceptors (Lipinski definition) is 4. The van der Waals surface area contributed by atoms with E-state index in [9.17, 15) is 9.90 Å². The fourth-order valence-corrected chi connectivity index (χ4v) is 2.13. The summed E-state index contributed by atoms with van der Waals surface area (Å²) >= 11 is 0. The molecule has 0 radical (unpaired) electrons. The van der Waals surface area contributed by atoms with Crippen molar-refractivity contribution in [2.45, 2.75) is 38.8 Å². The van der Waals surface area contributed by atoms with Gasteiger partial charge in [-0.1, -0.05) is 26.0 Å². The lowest BCUT2D eigenvalue weighted by atomic mass is 10.0. The molecule has 5 heteroatoms. The summed E-state index contributed by atoms with van der Waals surface area (Å²) in [6, 6.07) is 6.65. The van der Waals surface area contributed by atoms with Crippen molar-refractivity contribution in [3.05, 3.63) is 29.8 Å². The summed E-state index contributed by atoms with van der Waals surface area (Å²) in [5.74, 6) is 0.208. The smallest absolute Gasteiger partial charge is 0.320 e. The molecule has 1 aromatic rings. The van der Waals surface area contributed by atoms with E-state index in [-0.39, 0.29) is 0 Å². The number of carboxylic acids is 1. The second kappa shape index (κ2) is 8.64. The fraction of sp³-hybridized carbons (Fsp3) is 0.562. The molecule has 118 valence electrons. The zero-order valence-corrected chi connectivity index (χ0v) is 12.9. The van der Waals surface area contributed by atoms with Gasteiger partial charge in [-0.2, -0.15) is 0 Å². The lowest BCUT2D eigenvalue weighted by Gasteiger charge is -2.18. The van der Waals surface area contributed by atoms with Gasteiger partial charge in [0.2, 0.25) is 0 Å². The van der Waals surface area contributed by atoms with Crippen molar-refractivity contribution < 1.29 is 19.7 Å². The molecule has 1 rings (SSSR count). The zero-order valence-electron chi connectivity index (χ0n) is 12.9. The summed E-state index contributed by atoms with van der Waals surface area (Å²) in [4.78, 5) is 11.1. The van der Waals surface area contributed by atoms with Crippen molar-refractivity contribution in [2.75, 3.05) is 13.7 Å². The summed E-state index contributed by atoms with van der Waals surface area (Å²) < 4.78 is 5.07. The highest BCUT2D eigenvalue weighted by molar-refractivity contribution is 5.73. The minimum Gasteiger partial charge on any atom is -0.497 e. The van der Waals surface area contributed by atoms with E-state index in [1.807, 2.05) is 26.0 Å². The van der Waals surface area contributed by atoms with Crippen LogP contribution in [0.25, 0.3) is 0 Å². The molecule has 0 heterocycles. The van der Waals surface area contributed by atoms with E-state index < -0.39 is 18.1 Å². The van der Waals surface area contributed by atoms with Crippen LogP contribution in [0, 0.1) is 5.92 Å². The summed E-state index contributed by atoms with van der Waals surface area (Å²) in [6.07, 6.45) is 0.430. The van der Waals surface area contributed by atoms with E-state index in [2.05, 4.69) is 5.32 Å². The second-order valence-corrected chi connectivity index (χ2v) is 5.55. The van der Waals surface area contributed by atoms with Crippen LogP contribution in [0.15, 0.2) is 24.3 Å². The molecule has 0 saturated carbocycles. The maximum absolute atomic E-state index is 11.1. The summed E-state index contributed by atoms with van der Waals surface area (Å²) in [5.41, 5.74) is 0.799. The largest absolute Gasteiger partial charge is 0.497 e. The lowest BCUT2D eigenvalue weighted by Crippen LogP contribution is -2.38. The van der Waals surface area contributed by atoms with Gasteiger partial charge < -0.3 is 20.3 Å². The molecule has 0 amide bonds. The van der Waals surface area contributed by atoms with Crippen molar-refractivity contribution in [1.82, 2.24) is 5.32 Å². The zero-order chi connectivity index (χ0) is 15.8. The van der Waals surface area contributed by atoms with Gasteiger partial charge in [-0.15, -0.1) is 0 Å². The van der Waals surface area contributed by atoms with Crippen molar-refractivity contribution in [3.8, 4) is 5.75 Å². The van der Waals surface area contributed by atoms with Gasteiger partial charge in [0.05, 0.1) is 13.2 Å². The number of carboxylic acid groups (broad SMARTS) is 1. The average molecular weight is 295 g/mol. The van der Waals surface area contributed by atoms with Crippen molar-refractivity contribution in [3.63, 3.8) is 0 Å². The normalized spacial score (nSPS) is 14.0. The van der Waals surface area contributed by atoms with Crippen LogP contribution in [0.3, 0.4) is 0 Å². The van der Waals surface area contributed by atoms with Crippen LogP contribution in [0.4, 0.5) is 0 Å². The number of methoxy groups -OCH3 is 1. The number of ether oxygens (including phenoxy) is 1. The molecule has 21 heavy (non-hydrogen) atoms. The summed E-state index contributed by atoms with van der Waals surface area (Å²) in [6.45, 7) is 4.44. The highest BCUT2D eigenvalue weighted by Gasteiger charge is 2.18. The van der Waals surface area contributed by atoms with E-state index in [1.54, 1.807) is 19.2 Å². The van der Waals surface area contributed by atoms with Crippen LogP contribution < -0.4 is 10.1 Å². The molecule has 0 aliphatic carbocycles. The summed E-state index contributed by atoms with van der Waals surface area (Å²) in [7, 11) is 1.59. The Balaban J connectivity index is 2.44. The van der Waals surface area contributed by atoms with Crippen LogP contribution >= 0.6 is 0 Å². The highest BCUT2D eigenvalue weighted by atomic mass is 16.5. The van der Waals surface area contributed by atoms with Gasteiger partial charge in [0.1, 0.15) is 11.8 Å². The second-order valence-electron chi connectivity index (χ2n) is 5.55. The topological polar surface area (TPSA) is 78.8 Å². The molecule has 1 aromatic carbocycles. The third kappa shape index (κ3) is 6.14. The Bertz CT molecular complexity index is 430. The molecule has 0 saturated heterocycles. The van der Waals surface area contributed by atoms with Crippen LogP contribution in [-0.2, 0) is 4.79 Å². The highest BCUT2D eigenvalue weighted by Crippen LogP contribution is 2.19. The standard InChI is InChI=1S/C16H25NO4/c1-11(2)10-14(16(19)20)17-9-8-15(18)12-4-6-13(21-3)7-5-12/h4-7,11,14-15,17-18H,8-10H2,1-3H3,(H,19,20)/t14-,15-/m0/s1. The number of rotatable bonds is 9. The predicted octanol–water partition coefficient (Wildman–Crippen LogP) is 2.21. The SMILES string of the molecule is COc1ccc([C@@H](O)CCN[C@@H](CC(C)C)C(=O)O)cc1. The number of hydrogen-bond donors (Lipinski definition) is 3. The quantitative estimate of drug-likeness (QED) is 0.651. The number of carbonyl (C=O) groups is 1.